The van der Waals surface area contributed by atoms with Gasteiger partial charge in [-0.1, -0.05) is 121 Å². The molecule has 0 aromatic heterocycles. The molecule has 0 fully saturated rings. The fraction of sp³-hybridized carbons (Fsp3) is 0.657. The fourth-order valence-electron chi connectivity index (χ4n) is 6.61. The first-order chi connectivity index (χ1) is 16.5. The lowest BCUT2D eigenvalue weighted by atomic mass is 9.69. The summed E-state index contributed by atoms with van der Waals surface area (Å²) in [6.45, 7) is 31.6. The van der Waals surface area contributed by atoms with Gasteiger partial charge in [0.05, 0.1) is 0 Å². The normalized spacial score (nSPS) is 13.9. The van der Waals surface area contributed by atoms with Crippen LogP contribution in [0.15, 0.2) is 30.3 Å². The molecule has 0 saturated carbocycles. The molecular weight excluding hydrogens is 452 g/mol. The van der Waals surface area contributed by atoms with Gasteiger partial charge in [-0.2, -0.15) is 0 Å². The van der Waals surface area contributed by atoms with E-state index in [1.807, 2.05) is 6.07 Å². The zero-order chi connectivity index (χ0) is 28.8. The molecule has 0 aliphatic rings. The highest BCUT2D eigenvalue weighted by Crippen LogP contribution is 2.44. The second kappa shape index (κ2) is 10.3. The van der Waals surface area contributed by atoms with E-state index < -0.39 is 0 Å². The maximum absolute atomic E-state index is 11.4. The maximum atomic E-state index is 11.4. The van der Waals surface area contributed by atoms with Crippen molar-refractivity contribution >= 4 is 0 Å². The van der Waals surface area contributed by atoms with E-state index in [4.69, 9.17) is 0 Å². The molecule has 0 bridgehead atoms. The topological polar surface area (TPSA) is 40.5 Å². The number of hydrogen-bond donors (Lipinski definition) is 2. The maximum Gasteiger partial charge on any atom is 0.122 e. The summed E-state index contributed by atoms with van der Waals surface area (Å²) in [5, 5.41) is 22.4. The number of hydrogen-bond acceptors (Lipinski definition) is 2. The third-order valence-electron chi connectivity index (χ3n) is 7.71. The predicted octanol–water partition coefficient (Wildman–Crippen LogP) is 10.2. The van der Waals surface area contributed by atoms with Gasteiger partial charge < -0.3 is 10.2 Å². The molecule has 0 amide bonds. The van der Waals surface area contributed by atoms with Gasteiger partial charge in [0.25, 0.3) is 0 Å². The van der Waals surface area contributed by atoms with Gasteiger partial charge >= 0.3 is 0 Å². The Hall–Kier alpha value is -1.96. The van der Waals surface area contributed by atoms with Crippen LogP contribution in [0, 0.1) is 10.8 Å². The van der Waals surface area contributed by atoms with Gasteiger partial charge in [0, 0.05) is 5.56 Å². The Labute approximate surface area is 228 Å². The van der Waals surface area contributed by atoms with Gasteiger partial charge in [-0.05, 0) is 80.6 Å². The van der Waals surface area contributed by atoms with Crippen molar-refractivity contribution in [1.82, 2.24) is 0 Å². The van der Waals surface area contributed by atoms with Gasteiger partial charge in [0.2, 0.25) is 0 Å². The molecule has 208 valence electrons. The average molecular weight is 509 g/mol. The van der Waals surface area contributed by atoms with E-state index in [0.717, 1.165) is 29.5 Å². The second-order valence-corrected chi connectivity index (χ2v) is 16.3. The predicted molar refractivity (Wildman–Crippen MR) is 161 cm³/mol. The number of aromatic hydroxyl groups is 2. The average Bonchev–Trinajstić information content (AvgIpc) is 2.65. The summed E-state index contributed by atoms with van der Waals surface area (Å²) in [6.07, 6.45) is 2.75. The minimum absolute atomic E-state index is 0.0133. The smallest absolute Gasteiger partial charge is 0.122 e. The van der Waals surface area contributed by atoms with Crippen LogP contribution in [-0.2, 0) is 22.7 Å². The highest BCUT2D eigenvalue weighted by atomic mass is 16.3. The number of phenolic OH excluding ortho intramolecular Hbond substituents is 2. The third-order valence-corrected chi connectivity index (χ3v) is 7.71. The van der Waals surface area contributed by atoms with E-state index in [2.05, 4.69) is 121 Å². The van der Waals surface area contributed by atoms with Crippen LogP contribution in [0.3, 0.4) is 0 Å². The molecule has 0 aliphatic heterocycles. The zero-order valence-electron chi connectivity index (χ0n) is 26.5. The van der Waals surface area contributed by atoms with Crippen molar-refractivity contribution in [2.75, 3.05) is 0 Å². The van der Waals surface area contributed by atoms with Crippen molar-refractivity contribution in [1.29, 1.82) is 0 Å². The summed E-state index contributed by atoms with van der Waals surface area (Å²) in [6, 6.07) is 10.6. The van der Waals surface area contributed by atoms with Crippen LogP contribution in [0.4, 0.5) is 0 Å². The van der Waals surface area contributed by atoms with Gasteiger partial charge in [-0.15, -0.1) is 0 Å². The Morgan fingerprint density at radius 3 is 1.57 bits per heavy atom. The first kappa shape index (κ1) is 31.3. The lowest BCUT2D eigenvalue weighted by Gasteiger charge is -2.36. The van der Waals surface area contributed by atoms with E-state index in [1.165, 1.54) is 11.1 Å². The first-order valence-corrected chi connectivity index (χ1v) is 14.2. The molecule has 0 aliphatic carbocycles. The molecule has 2 rings (SSSR count). The van der Waals surface area contributed by atoms with E-state index >= 15 is 0 Å². The van der Waals surface area contributed by atoms with E-state index in [9.17, 15) is 10.2 Å². The molecule has 2 aromatic carbocycles. The van der Waals surface area contributed by atoms with E-state index in [0.29, 0.717) is 17.9 Å². The van der Waals surface area contributed by atoms with Crippen molar-refractivity contribution in [2.24, 2.45) is 10.8 Å². The highest BCUT2D eigenvalue weighted by Gasteiger charge is 2.33. The molecule has 0 spiro atoms. The lowest BCUT2D eigenvalue weighted by molar-refractivity contribution is 0.282. The summed E-state index contributed by atoms with van der Waals surface area (Å²) in [5.41, 5.74) is 5.44. The highest BCUT2D eigenvalue weighted by molar-refractivity contribution is 5.50. The van der Waals surface area contributed by atoms with Crippen molar-refractivity contribution in [3.63, 3.8) is 0 Å². The minimum atomic E-state index is -0.365. The summed E-state index contributed by atoms with van der Waals surface area (Å²) in [7, 11) is 0. The molecular formula is C35H56O2. The Kier molecular flexibility index (Phi) is 8.71. The largest absolute Gasteiger partial charge is 0.508 e. The Bertz CT molecular complexity index is 1090. The standard InChI is InChI=1S/C35H56O2/c1-23(2)27-18-26(35(13,14)22-32(6,7)8)17-24(30(27)37)20-33(9,10)28-19-25(15-16-29(28)36)34(11,12)21-31(3,4)5/h15-19,23,36-37H,20-22H2,1-14H3. The van der Waals surface area contributed by atoms with Crippen LogP contribution in [0.25, 0.3) is 0 Å². The summed E-state index contributed by atoms with van der Waals surface area (Å²) >= 11 is 0. The molecule has 2 aromatic rings. The SMILES string of the molecule is CC(C)c1cc(C(C)(C)CC(C)(C)C)cc(CC(C)(C)c2cc(C(C)(C)CC(C)(C)C)ccc2O)c1O. The molecule has 0 heterocycles. The van der Waals surface area contributed by atoms with Crippen LogP contribution >= 0.6 is 0 Å². The monoisotopic (exact) mass is 508 g/mol. The van der Waals surface area contributed by atoms with Crippen molar-refractivity contribution in [3.8, 4) is 11.5 Å². The van der Waals surface area contributed by atoms with Crippen LogP contribution in [0.5, 0.6) is 11.5 Å². The number of rotatable bonds is 8. The first-order valence-electron chi connectivity index (χ1n) is 14.2. The summed E-state index contributed by atoms with van der Waals surface area (Å²) < 4.78 is 0. The van der Waals surface area contributed by atoms with E-state index in [-0.39, 0.29) is 33.0 Å². The quantitative estimate of drug-likeness (QED) is 0.372. The van der Waals surface area contributed by atoms with Crippen molar-refractivity contribution in [3.05, 3.63) is 58.1 Å². The minimum Gasteiger partial charge on any atom is -0.508 e. The molecule has 37 heavy (non-hydrogen) atoms. The Morgan fingerprint density at radius 1 is 0.622 bits per heavy atom. The van der Waals surface area contributed by atoms with Gasteiger partial charge in [-0.3, -0.25) is 0 Å². The zero-order valence-corrected chi connectivity index (χ0v) is 26.5. The second-order valence-electron chi connectivity index (χ2n) is 16.3. The van der Waals surface area contributed by atoms with Gasteiger partial charge in [-0.25, -0.2) is 0 Å². The molecule has 2 heteroatoms. The summed E-state index contributed by atoms with van der Waals surface area (Å²) in [4.78, 5) is 0. The van der Waals surface area contributed by atoms with Crippen LogP contribution in [-0.4, -0.2) is 10.2 Å². The molecule has 0 atom stereocenters. The molecule has 2 nitrogen and oxygen atoms in total. The molecule has 0 radical (unpaired) electrons. The third kappa shape index (κ3) is 8.01. The number of phenols is 2. The van der Waals surface area contributed by atoms with Crippen molar-refractivity contribution in [2.45, 2.75) is 138 Å². The Balaban J connectivity index is 2.60. The number of benzene rings is 2. The lowest BCUT2D eigenvalue weighted by Crippen LogP contribution is -2.27. The van der Waals surface area contributed by atoms with Crippen LogP contribution < -0.4 is 0 Å². The Morgan fingerprint density at radius 2 is 1.11 bits per heavy atom. The fourth-order valence-corrected chi connectivity index (χ4v) is 6.61. The van der Waals surface area contributed by atoms with Crippen molar-refractivity contribution < 1.29 is 10.2 Å². The van der Waals surface area contributed by atoms with Crippen LogP contribution in [0.2, 0.25) is 0 Å². The molecule has 2 N–H and O–H groups in total. The van der Waals surface area contributed by atoms with E-state index in [1.54, 1.807) is 0 Å². The molecule has 0 saturated heterocycles. The van der Waals surface area contributed by atoms with Gasteiger partial charge in [0.15, 0.2) is 0 Å². The van der Waals surface area contributed by atoms with Crippen LogP contribution in [0.1, 0.15) is 144 Å². The summed E-state index contributed by atoms with van der Waals surface area (Å²) in [5.74, 6) is 0.956. The van der Waals surface area contributed by atoms with Gasteiger partial charge in [0.1, 0.15) is 11.5 Å². The molecule has 0 unspecified atom stereocenters.